The molecule has 2 N–H and O–H groups in total. The molecular weight excluding hydrogens is 360 g/mol. The summed E-state index contributed by atoms with van der Waals surface area (Å²) >= 11 is 3.23. The Balaban J connectivity index is 2.92. The van der Waals surface area contributed by atoms with Gasteiger partial charge in [0.25, 0.3) is 0 Å². The minimum Gasteiger partial charge on any atom is -0.492 e. The van der Waals surface area contributed by atoms with E-state index in [1.54, 1.807) is 32.9 Å². The molecule has 21 heavy (non-hydrogen) atoms. The van der Waals surface area contributed by atoms with Gasteiger partial charge in [-0.25, -0.2) is 13.1 Å². The molecular formula is C13H19BrN2O4S. The first-order valence-electron chi connectivity index (χ1n) is 6.47. The van der Waals surface area contributed by atoms with Crippen LogP contribution in [0, 0.1) is 0 Å². The molecule has 118 valence electrons. The summed E-state index contributed by atoms with van der Waals surface area (Å²) in [6.07, 6.45) is 0. The molecule has 6 nitrogen and oxygen atoms in total. The number of sulfonamides is 1. The van der Waals surface area contributed by atoms with Crippen molar-refractivity contribution in [1.29, 1.82) is 0 Å². The van der Waals surface area contributed by atoms with E-state index in [1.807, 2.05) is 0 Å². The van der Waals surface area contributed by atoms with Gasteiger partial charge >= 0.3 is 0 Å². The molecule has 0 bridgehead atoms. The summed E-state index contributed by atoms with van der Waals surface area (Å²) in [6, 6.07) is 4.64. The van der Waals surface area contributed by atoms with Crippen molar-refractivity contribution in [3.05, 3.63) is 22.7 Å². The second-order valence-corrected chi connectivity index (χ2v) is 7.22. The first-order valence-corrected chi connectivity index (χ1v) is 8.75. The quantitative estimate of drug-likeness (QED) is 0.755. The highest BCUT2D eigenvalue weighted by Gasteiger charge is 2.21. The Hall–Kier alpha value is -1.12. The van der Waals surface area contributed by atoms with E-state index < -0.39 is 10.0 Å². The van der Waals surface area contributed by atoms with E-state index >= 15 is 0 Å². The van der Waals surface area contributed by atoms with Crippen LogP contribution in [0.1, 0.15) is 20.8 Å². The van der Waals surface area contributed by atoms with Crippen LogP contribution in [-0.4, -0.2) is 33.5 Å². The fourth-order valence-corrected chi connectivity index (χ4v) is 3.24. The topological polar surface area (TPSA) is 84.5 Å². The van der Waals surface area contributed by atoms with Gasteiger partial charge in [-0.2, -0.15) is 0 Å². The van der Waals surface area contributed by atoms with E-state index in [4.69, 9.17) is 4.74 Å². The van der Waals surface area contributed by atoms with Crippen LogP contribution < -0.4 is 14.8 Å². The van der Waals surface area contributed by atoms with Gasteiger partial charge in [0.05, 0.1) is 13.2 Å². The molecule has 0 aliphatic carbocycles. The van der Waals surface area contributed by atoms with Gasteiger partial charge in [-0.1, -0.05) is 15.9 Å². The average Bonchev–Trinajstić information content (AvgIpc) is 2.38. The molecule has 1 rings (SSSR count). The largest absolute Gasteiger partial charge is 0.492 e. The van der Waals surface area contributed by atoms with E-state index in [-0.39, 0.29) is 29.1 Å². The summed E-state index contributed by atoms with van der Waals surface area (Å²) in [6.45, 7) is 5.39. The Bertz CT molecular complexity index is 602. The Kier molecular flexibility index (Phi) is 6.63. The third kappa shape index (κ3) is 5.64. The average molecular weight is 379 g/mol. The van der Waals surface area contributed by atoms with Gasteiger partial charge in [0.1, 0.15) is 10.6 Å². The Morgan fingerprint density at radius 1 is 1.38 bits per heavy atom. The highest BCUT2D eigenvalue weighted by atomic mass is 79.9. The van der Waals surface area contributed by atoms with E-state index in [0.29, 0.717) is 11.1 Å². The lowest BCUT2D eigenvalue weighted by Gasteiger charge is -2.13. The van der Waals surface area contributed by atoms with Crippen molar-refractivity contribution < 1.29 is 17.9 Å². The molecule has 8 heteroatoms. The molecule has 0 fully saturated rings. The second-order valence-electron chi connectivity index (χ2n) is 4.57. The number of hydrogen-bond acceptors (Lipinski definition) is 4. The number of rotatable bonds is 7. The van der Waals surface area contributed by atoms with Crippen molar-refractivity contribution in [2.75, 3.05) is 13.2 Å². The number of nitrogens with one attached hydrogen (secondary N) is 2. The lowest BCUT2D eigenvalue weighted by atomic mass is 10.3. The molecule has 1 amide bonds. The van der Waals surface area contributed by atoms with E-state index in [2.05, 4.69) is 26.0 Å². The van der Waals surface area contributed by atoms with Gasteiger partial charge in [0.15, 0.2) is 0 Å². The highest BCUT2D eigenvalue weighted by molar-refractivity contribution is 9.10. The number of halogens is 1. The number of amides is 1. The maximum absolute atomic E-state index is 12.3. The molecule has 0 unspecified atom stereocenters. The molecule has 0 heterocycles. The summed E-state index contributed by atoms with van der Waals surface area (Å²) in [5.74, 6) is -0.140. The zero-order valence-corrected chi connectivity index (χ0v) is 14.5. The molecule has 0 saturated carbocycles. The van der Waals surface area contributed by atoms with Crippen LogP contribution in [0.3, 0.4) is 0 Å². The molecule has 0 aliphatic rings. The summed E-state index contributed by atoms with van der Waals surface area (Å²) in [5, 5.41) is 2.61. The van der Waals surface area contributed by atoms with Crippen molar-refractivity contribution in [3.63, 3.8) is 0 Å². The SMILES string of the molecule is CCOc1ccc(Br)cc1S(=O)(=O)NCC(=O)NC(C)C. The molecule has 0 spiro atoms. The molecule has 0 saturated heterocycles. The first kappa shape index (κ1) is 17.9. The van der Waals surface area contributed by atoms with Crippen LogP contribution in [0.25, 0.3) is 0 Å². The predicted molar refractivity (Wildman–Crippen MR) is 83.8 cm³/mol. The zero-order chi connectivity index (χ0) is 16.0. The number of hydrogen-bond donors (Lipinski definition) is 2. The second kappa shape index (κ2) is 7.77. The highest BCUT2D eigenvalue weighted by Crippen LogP contribution is 2.27. The predicted octanol–water partition coefficient (Wildman–Crippen LogP) is 1.65. The normalized spacial score (nSPS) is 11.5. The van der Waals surface area contributed by atoms with Gasteiger partial charge < -0.3 is 10.1 Å². The van der Waals surface area contributed by atoms with E-state index in [0.717, 1.165) is 0 Å². The van der Waals surface area contributed by atoms with Gasteiger partial charge in [0, 0.05) is 10.5 Å². The lowest BCUT2D eigenvalue weighted by Crippen LogP contribution is -2.39. The Morgan fingerprint density at radius 2 is 2.05 bits per heavy atom. The molecule has 0 atom stereocenters. The zero-order valence-electron chi connectivity index (χ0n) is 12.1. The van der Waals surface area contributed by atoms with Gasteiger partial charge in [0.2, 0.25) is 15.9 Å². The minimum atomic E-state index is -3.83. The van der Waals surface area contributed by atoms with E-state index in [9.17, 15) is 13.2 Å². The van der Waals surface area contributed by atoms with Crippen LogP contribution in [-0.2, 0) is 14.8 Å². The number of carbonyl (C=O) groups is 1. The van der Waals surface area contributed by atoms with E-state index in [1.165, 1.54) is 6.07 Å². The molecule has 0 aliphatic heterocycles. The standard InChI is InChI=1S/C13H19BrN2O4S/c1-4-20-11-6-5-10(14)7-12(11)21(18,19)15-8-13(17)16-9(2)3/h5-7,9,15H,4,8H2,1-3H3,(H,16,17). The first-order chi connectivity index (χ1) is 9.76. The van der Waals surface area contributed by atoms with Crippen LogP contribution >= 0.6 is 15.9 Å². The summed E-state index contributed by atoms with van der Waals surface area (Å²) in [5.41, 5.74) is 0. The molecule has 0 aromatic heterocycles. The van der Waals surface area contributed by atoms with Crippen molar-refractivity contribution in [1.82, 2.24) is 10.0 Å². The monoisotopic (exact) mass is 378 g/mol. The van der Waals surface area contributed by atoms with Gasteiger partial charge in [-0.15, -0.1) is 0 Å². The third-order valence-electron chi connectivity index (χ3n) is 2.37. The van der Waals surface area contributed by atoms with Crippen LogP contribution in [0.5, 0.6) is 5.75 Å². The van der Waals surface area contributed by atoms with Crippen molar-refractivity contribution >= 4 is 31.9 Å². The smallest absolute Gasteiger partial charge is 0.244 e. The molecule has 1 aromatic rings. The van der Waals surface area contributed by atoms with Crippen LogP contribution in [0.2, 0.25) is 0 Å². The summed E-state index contributed by atoms with van der Waals surface area (Å²) in [7, 11) is -3.83. The maximum atomic E-state index is 12.3. The van der Waals surface area contributed by atoms with Gasteiger partial charge in [-0.05, 0) is 39.0 Å². The molecule has 0 radical (unpaired) electrons. The Morgan fingerprint density at radius 3 is 2.62 bits per heavy atom. The van der Waals surface area contributed by atoms with Crippen LogP contribution in [0.4, 0.5) is 0 Å². The van der Waals surface area contributed by atoms with Gasteiger partial charge in [-0.3, -0.25) is 4.79 Å². The number of benzene rings is 1. The van der Waals surface area contributed by atoms with Crippen LogP contribution in [0.15, 0.2) is 27.6 Å². The summed E-state index contributed by atoms with van der Waals surface area (Å²) in [4.78, 5) is 11.5. The fraction of sp³-hybridized carbons (Fsp3) is 0.462. The Labute approximate surface area is 133 Å². The fourth-order valence-electron chi connectivity index (χ4n) is 1.58. The van der Waals surface area contributed by atoms with Crippen molar-refractivity contribution in [3.8, 4) is 5.75 Å². The summed E-state index contributed by atoms with van der Waals surface area (Å²) < 4.78 is 32.7. The maximum Gasteiger partial charge on any atom is 0.244 e. The third-order valence-corrected chi connectivity index (χ3v) is 4.28. The lowest BCUT2D eigenvalue weighted by molar-refractivity contribution is -0.120. The minimum absolute atomic E-state index is 0.00364. The van der Waals surface area contributed by atoms with Crippen molar-refractivity contribution in [2.45, 2.75) is 31.7 Å². The number of ether oxygens (including phenoxy) is 1. The molecule has 1 aromatic carbocycles. The van der Waals surface area contributed by atoms with Crippen molar-refractivity contribution in [2.24, 2.45) is 0 Å². The number of carbonyl (C=O) groups excluding carboxylic acids is 1.